The molecule has 1 amide bonds. The van der Waals surface area contributed by atoms with Crippen LogP contribution in [0.3, 0.4) is 0 Å². The number of halogens is 1. The van der Waals surface area contributed by atoms with Gasteiger partial charge < -0.3 is 5.32 Å². The van der Waals surface area contributed by atoms with E-state index in [1.807, 2.05) is 24.3 Å². The van der Waals surface area contributed by atoms with Crippen LogP contribution in [0.4, 0.5) is 5.69 Å². The molecule has 2 rings (SSSR count). The number of rotatable bonds is 3. The van der Waals surface area contributed by atoms with Crippen LogP contribution in [0, 0.1) is 0 Å². The summed E-state index contributed by atoms with van der Waals surface area (Å²) < 4.78 is 0. The third-order valence-electron chi connectivity index (χ3n) is 2.15. The lowest BCUT2D eigenvalue weighted by Gasteiger charge is -2.07. The molecule has 88 valence electrons. The topological polar surface area (TPSA) is 59.8 Å². The Labute approximate surface area is 107 Å². The van der Waals surface area contributed by atoms with Crippen molar-refractivity contribution in [3.63, 3.8) is 0 Å². The average Bonchev–Trinajstić information content (AvgIpc) is 2.83. The summed E-state index contributed by atoms with van der Waals surface area (Å²) in [5.41, 5.74) is 1.59. The Hall–Kier alpha value is -1.69. The van der Waals surface area contributed by atoms with Crippen LogP contribution in [0.25, 0.3) is 5.69 Å². The molecule has 5 nitrogen and oxygen atoms in total. The second-order valence-corrected chi connectivity index (χ2v) is 4.84. The van der Waals surface area contributed by atoms with E-state index >= 15 is 0 Å². The number of amides is 1. The normalized spacial score (nSPS) is 12.1. The highest BCUT2D eigenvalue weighted by Gasteiger charge is 2.08. The minimum Gasteiger partial charge on any atom is -0.325 e. The molecule has 1 unspecified atom stereocenters. The summed E-state index contributed by atoms with van der Waals surface area (Å²) in [6, 6.07) is 7.31. The zero-order valence-electron chi connectivity index (χ0n) is 9.17. The second kappa shape index (κ2) is 5.09. The molecule has 0 aliphatic carbocycles. The molecule has 0 spiro atoms. The van der Waals surface area contributed by atoms with Crippen LogP contribution in [0.5, 0.6) is 0 Å². The van der Waals surface area contributed by atoms with Gasteiger partial charge in [-0.1, -0.05) is 15.9 Å². The molecule has 0 radical (unpaired) electrons. The summed E-state index contributed by atoms with van der Waals surface area (Å²) in [5.74, 6) is -0.0741. The standard InChI is InChI=1S/C11H11BrN4O/c1-8(12)11(17)15-9-2-4-10(5-3-9)16-13-6-7-14-16/h2-8H,1H3,(H,15,17). The van der Waals surface area contributed by atoms with Crippen molar-refractivity contribution in [2.45, 2.75) is 11.8 Å². The molecule has 0 bridgehead atoms. The Morgan fingerprint density at radius 2 is 1.88 bits per heavy atom. The van der Waals surface area contributed by atoms with E-state index in [1.54, 1.807) is 19.3 Å². The van der Waals surface area contributed by atoms with Gasteiger partial charge in [0.1, 0.15) is 0 Å². The highest BCUT2D eigenvalue weighted by atomic mass is 79.9. The van der Waals surface area contributed by atoms with E-state index in [4.69, 9.17) is 0 Å². The van der Waals surface area contributed by atoms with E-state index in [0.29, 0.717) is 0 Å². The molecule has 0 fully saturated rings. The number of carbonyl (C=O) groups excluding carboxylic acids is 1. The lowest BCUT2D eigenvalue weighted by Crippen LogP contribution is -2.19. The number of benzene rings is 1. The van der Waals surface area contributed by atoms with Crippen LogP contribution >= 0.6 is 15.9 Å². The summed E-state index contributed by atoms with van der Waals surface area (Å²) in [4.78, 5) is 12.7. The van der Waals surface area contributed by atoms with Crippen molar-refractivity contribution in [1.82, 2.24) is 15.0 Å². The number of nitrogens with one attached hydrogen (secondary N) is 1. The quantitative estimate of drug-likeness (QED) is 0.881. The summed E-state index contributed by atoms with van der Waals surface area (Å²) >= 11 is 3.21. The zero-order valence-corrected chi connectivity index (χ0v) is 10.8. The fraction of sp³-hybridized carbons (Fsp3) is 0.182. The van der Waals surface area contributed by atoms with Gasteiger partial charge in [0, 0.05) is 5.69 Å². The Bertz CT molecular complexity index is 493. The summed E-state index contributed by atoms with van der Waals surface area (Å²) in [6.07, 6.45) is 3.23. The number of nitrogens with zero attached hydrogens (tertiary/aromatic N) is 3. The fourth-order valence-corrected chi connectivity index (χ4v) is 1.38. The minimum atomic E-state index is -0.213. The number of anilines is 1. The Morgan fingerprint density at radius 1 is 1.29 bits per heavy atom. The van der Waals surface area contributed by atoms with Gasteiger partial charge in [-0.15, -0.1) is 0 Å². The Kier molecular flexibility index (Phi) is 3.53. The first-order chi connectivity index (χ1) is 8.16. The van der Waals surface area contributed by atoms with Crippen LogP contribution in [0.1, 0.15) is 6.92 Å². The predicted octanol–water partition coefficient (Wildman–Crippen LogP) is 1.99. The molecule has 0 aliphatic rings. The molecular weight excluding hydrogens is 284 g/mol. The molecule has 2 aromatic rings. The predicted molar refractivity (Wildman–Crippen MR) is 68.4 cm³/mol. The molecule has 0 saturated heterocycles. The SMILES string of the molecule is CC(Br)C(=O)Nc1ccc(-n2nccn2)cc1. The molecule has 1 heterocycles. The number of hydrogen-bond donors (Lipinski definition) is 1. The highest BCUT2D eigenvalue weighted by molar-refractivity contribution is 9.10. The van der Waals surface area contributed by atoms with Gasteiger partial charge in [0.25, 0.3) is 0 Å². The van der Waals surface area contributed by atoms with E-state index in [0.717, 1.165) is 11.4 Å². The van der Waals surface area contributed by atoms with Gasteiger partial charge in [-0.2, -0.15) is 15.0 Å². The van der Waals surface area contributed by atoms with Crippen molar-refractivity contribution in [1.29, 1.82) is 0 Å². The van der Waals surface area contributed by atoms with Crippen molar-refractivity contribution < 1.29 is 4.79 Å². The van der Waals surface area contributed by atoms with Gasteiger partial charge in [0.15, 0.2) is 0 Å². The fourth-order valence-electron chi connectivity index (χ4n) is 1.27. The third-order valence-corrected chi connectivity index (χ3v) is 2.56. The van der Waals surface area contributed by atoms with E-state index in [1.165, 1.54) is 4.80 Å². The molecule has 1 aromatic carbocycles. The number of hydrogen-bond acceptors (Lipinski definition) is 3. The molecular formula is C11H11BrN4O. The average molecular weight is 295 g/mol. The molecule has 1 atom stereocenters. The van der Waals surface area contributed by atoms with Crippen molar-refractivity contribution in [2.24, 2.45) is 0 Å². The van der Waals surface area contributed by atoms with E-state index in [-0.39, 0.29) is 10.7 Å². The minimum absolute atomic E-state index is 0.0741. The van der Waals surface area contributed by atoms with Gasteiger partial charge in [-0.3, -0.25) is 4.79 Å². The first-order valence-electron chi connectivity index (χ1n) is 5.08. The number of carbonyl (C=O) groups is 1. The largest absolute Gasteiger partial charge is 0.325 e. The number of alkyl halides is 1. The second-order valence-electron chi connectivity index (χ2n) is 3.47. The zero-order chi connectivity index (χ0) is 12.3. The molecule has 1 aromatic heterocycles. The van der Waals surface area contributed by atoms with Gasteiger partial charge in [0.05, 0.1) is 22.9 Å². The van der Waals surface area contributed by atoms with Gasteiger partial charge in [0.2, 0.25) is 5.91 Å². The Balaban J connectivity index is 2.11. The molecule has 0 saturated carbocycles. The summed E-state index contributed by atoms with van der Waals surface area (Å²) in [6.45, 7) is 1.78. The molecule has 0 aliphatic heterocycles. The maximum absolute atomic E-state index is 11.4. The van der Waals surface area contributed by atoms with Gasteiger partial charge in [-0.05, 0) is 31.2 Å². The lowest BCUT2D eigenvalue weighted by molar-refractivity contribution is -0.115. The molecule has 6 heteroatoms. The number of aromatic nitrogens is 3. The first-order valence-corrected chi connectivity index (χ1v) is 6.00. The maximum atomic E-state index is 11.4. The maximum Gasteiger partial charge on any atom is 0.237 e. The van der Waals surface area contributed by atoms with E-state index in [9.17, 15) is 4.79 Å². The van der Waals surface area contributed by atoms with E-state index in [2.05, 4.69) is 31.4 Å². The van der Waals surface area contributed by atoms with Crippen molar-refractivity contribution in [3.8, 4) is 5.69 Å². The summed E-state index contributed by atoms with van der Waals surface area (Å²) in [7, 11) is 0. The molecule has 17 heavy (non-hydrogen) atoms. The molecule has 1 N–H and O–H groups in total. The smallest absolute Gasteiger partial charge is 0.237 e. The van der Waals surface area contributed by atoms with Gasteiger partial charge in [-0.25, -0.2) is 0 Å². The van der Waals surface area contributed by atoms with Crippen LogP contribution in [0.15, 0.2) is 36.7 Å². The van der Waals surface area contributed by atoms with Crippen LogP contribution < -0.4 is 5.32 Å². The van der Waals surface area contributed by atoms with Crippen molar-refractivity contribution in [3.05, 3.63) is 36.7 Å². The monoisotopic (exact) mass is 294 g/mol. The first kappa shape index (κ1) is 11.8. The van der Waals surface area contributed by atoms with Gasteiger partial charge >= 0.3 is 0 Å². The lowest BCUT2D eigenvalue weighted by atomic mass is 10.3. The Morgan fingerprint density at radius 3 is 2.41 bits per heavy atom. The van der Waals surface area contributed by atoms with Crippen LogP contribution in [0.2, 0.25) is 0 Å². The third kappa shape index (κ3) is 2.91. The van der Waals surface area contributed by atoms with Crippen LogP contribution in [-0.2, 0) is 4.79 Å². The van der Waals surface area contributed by atoms with Crippen LogP contribution in [-0.4, -0.2) is 25.7 Å². The summed E-state index contributed by atoms with van der Waals surface area (Å²) in [5, 5.41) is 10.8. The van der Waals surface area contributed by atoms with E-state index < -0.39 is 0 Å². The van der Waals surface area contributed by atoms with Crippen molar-refractivity contribution >= 4 is 27.5 Å². The highest BCUT2D eigenvalue weighted by Crippen LogP contribution is 2.12. The van der Waals surface area contributed by atoms with Crippen molar-refractivity contribution in [2.75, 3.05) is 5.32 Å².